The van der Waals surface area contributed by atoms with Crippen LogP contribution in [0.2, 0.25) is 0 Å². The molecule has 0 radical (unpaired) electrons. The Hall–Kier alpha value is -0.620. The number of hydrogen-bond acceptors (Lipinski definition) is 4. The standard InChI is InChI=1S/C6H2Br2N2O2/c7-4-2-1-3(11-4)5-9-10-6(8)12-5/h1-2H. The lowest BCUT2D eigenvalue weighted by Gasteiger charge is -1.83. The Balaban J connectivity index is 2.43. The molecule has 4 nitrogen and oxygen atoms in total. The average molecular weight is 294 g/mol. The van der Waals surface area contributed by atoms with Crippen molar-refractivity contribution < 1.29 is 8.83 Å². The molecule has 0 spiro atoms. The minimum atomic E-state index is 0.338. The molecule has 2 aromatic heterocycles. The first-order valence-electron chi connectivity index (χ1n) is 3.00. The summed E-state index contributed by atoms with van der Waals surface area (Å²) in [5, 5.41) is 7.35. The van der Waals surface area contributed by atoms with E-state index in [1.165, 1.54) is 0 Å². The zero-order chi connectivity index (χ0) is 8.55. The molecule has 0 aliphatic heterocycles. The molecule has 0 bridgehead atoms. The molecule has 0 atom stereocenters. The van der Waals surface area contributed by atoms with E-state index in [0.717, 1.165) is 0 Å². The zero-order valence-corrected chi connectivity index (χ0v) is 8.79. The molecule has 0 fully saturated rings. The minimum absolute atomic E-state index is 0.338. The van der Waals surface area contributed by atoms with Crippen molar-refractivity contribution in [1.29, 1.82) is 0 Å². The van der Waals surface area contributed by atoms with Gasteiger partial charge in [0.25, 0.3) is 10.7 Å². The van der Waals surface area contributed by atoms with E-state index in [-0.39, 0.29) is 0 Å². The Bertz CT molecular complexity index is 357. The molecule has 12 heavy (non-hydrogen) atoms. The van der Waals surface area contributed by atoms with Gasteiger partial charge in [0.2, 0.25) is 0 Å². The predicted octanol–water partition coefficient (Wildman–Crippen LogP) is 2.85. The predicted molar refractivity (Wildman–Crippen MR) is 47.4 cm³/mol. The fraction of sp³-hybridized carbons (Fsp3) is 0. The van der Waals surface area contributed by atoms with E-state index in [1.807, 2.05) is 0 Å². The first kappa shape index (κ1) is 8.00. The second kappa shape index (κ2) is 3.02. The van der Waals surface area contributed by atoms with E-state index < -0.39 is 0 Å². The number of hydrogen-bond donors (Lipinski definition) is 0. The highest BCUT2D eigenvalue weighted by molar-refractivity contribution is 9.10. The highest BCUT2D eigenvalue weighted by Crippen LogP contribution is 2.24. The normalized spacial score (nSPS) is 10.5. The van der Waals surface area contributed by atoms with Gasteiger partial charge in [-0.15, -0.1) is 10.2 Å². The van der Waals surface area contributed by atoms with Gasteiger partial charge >= 0.3 is 0 Å². The van der Waals surface area contributed by atoms with Gasteiger partial charge in [0.05, 0.1) is 0 Å². The van der Waals surface area contributed by atoms with Crippen LogP contribution in [0.3, 0.4) is 0 Å². The van der Waals surface area contributed by atoms with Gasteiger partial charge < -0.3 is 8.83 Å². The summed E-state index contributed by atoms with van der Waals surface area (Å²) >= 11 is 6.21. The average Bonchev–Trinajstić information content (AvgIpc) is 2.58. The largest absolute Gasteiger partial charge is 0.444 e. The molecule has 0 N–H and O–H groups in total. The van der Waals surface area contributed by atoms with Gasteiger partial charge in [0.15, 0.2) is 10.4 Å². The smallest absolute Gasteiger partial charge is 0.285 e. The van der Waals surface area contributed by atoms with Crippen LogP contribution in [0.5, 0.6) is 0 Å². The van der Waals surface area contributed by atoms with Crippen molar-refractivity contribution in [2.45, 2.75) is 0 Å². The lowest BCUT2D eigenvalue weighted by atomic mass is 10.5. The topological polar surface area (TPSA) is 52.1 Å². The molecule has 0 aliphatic carbocycles. The van der Waals surface area contributed by atoms with E-state index in [0.29, 0.717) is 21.1 Å². The summed E-state index contributed by atoms with van der Waals surface area (Å²) in [5.74, 6) is 0.896. The lowest BCUT2D eigenvalue weighted by molar-refractivity contribution is 0.491. The molecule has 2 aromatic rings. The van der Waals surface area contributed by atoms with E-state index >= 15 is 0 Å². The highest BCUT2D eigenvalue weighted by Gasteiger charge is 2.09. The van der Waals surface area contributed by atoms with E-state index in [4.69, 9.17) is 8.83 Å². The van der Waals surface area contributed by atoms with E-state index in [1.54, 1.807) is 12.1 Å². The molecule has 62 valence electrons. The summed E-state index contributed by atoms with van der Waals surface area (Å²) in [6, 6.07) is 3.50. The van der Waals surface area contributed by atoms with Crippen LogP contribution in [0.1, 0.15) is 0 Å². The van der Waals surface area contributed by atoms with Crippen LogP contribution < -0.4 is 0 Å². The fourth-order valence-corrected chi connectivity index (χ4v) is 1.27. The Morgan fingerprint density at radius 1 is 1.08 bits per heavy atom. The molecule has 2 heterocycles. The van der Waals surface area contributed by atoms with Crippen LogP contribution in [0, 0.1) is 0 Å². The zero-order valence-electron chi connectivity index (χ0n) is 5.62. The van der Waals surface area contributed by atoms with Crippen molar-refractivity contribution in [3.05, 3.63) is 21.6 Å². The van der Waals surface area contributed by atoms with Crippen LogP contribution in [-0.4, -0.2) is 10.2 Å². The maximum atomic E-state index is 5.18. The van der Waals surface area contributed by atoms with Crippen molar-refractivity contribution in [3.8, 4) is 11.7 Å². The third-order valence-electron chi connectivity index (χ3n) is 1.18. The van der Waals surface area contributed by atoms with Crippen molar-refractivity contribution in [1.82, 2.24) is 10.2 Å². The van der Waals surface area contributed by atoms with Crippen LogP contribution in [-0.2, 0) is 0 Å². The van der Waals surface area contributed by atoms with Gasteiger partial charge in [0.1, 0.15) is 0 Å². The van der Waals surface area contributed by atoms with E-state index in [2.05, 4.69) is 42.1 Å². The van der Waals surface area contributed by atoms with Gasteiger partial charge in [-0.05, 0) is 28.1 Å². The lowest BCUT2D eigenvalue weighted by Crippen LogP contribution is -1.71. The monoisotopic (exact) mass is 292 g/mol. The van der Waals surface area contributed by atoms with Crippen LogP contribution in [0.15, 0.2) is 30.4 Å². The Kier molecular flexibility index (Phi) is 2.02. The summed E-state index contributed by atoms with van der Waals surface area (Å²) < 4.78 is 10.9. The first-order valence-corrected chi connectivity index (χ1v) is 4.59. The van der Waals surface area contributed by atoms with Gasteiger partial charge in [-0.3, -0.25) is 0 Å². The fourth-order valence-electron chi connectivity index (χ4n) is 0.734. The second-order valence-corrected chi connectivity index (χ2v) is 3.42. The van der Waals surface area contributed by atoms with Gasteiger partial charge in [-0.1, -0.05) is 0 Å². The summed E-state index contributed by atoms with van der Waals surface area (Å²) in [5.41, 5.74) is 0. The number of nitrogens with zero attached hydrogens (tertiary/aromatic N) is 2. The molecule has 6 heteroatoms. The van der Waals surface area contributed by atoms with Gasteiger partial charge in [-0.25, -0.2) is 0 Å². The van der Waals surface area contributed by atoms with Crippen molar-refractivity contribution in [2.75, 3.05) is 0 Å². The SMILES string of the molecule is Brc1ccc(-c2nnc(Br)o2)o1. The first-order chi connectivity index (χ1) is 5.75. The molecule has 0 unspecified atom stereocenters. The van der Waals surface area contributed by atoms with Gasteiger partial charge in [-0.2, -0.15) is 0 Å². The molecular weight excluding hydrogens is 292 g/mol. The van der Waals surface area contributed by atoms with Crippen molar-refractivity contribution in [3.63, 3.8) is 0 Å². The van der Waals surface area contributed by atoms with Crippen molar-refractivity contribution >= 4 is 31.9 Å². The summed E-state index contributed by atoms with van der Waals surface area (Å²) in [4.78, 5) is 0.338. The Morgan fingerprint density at radius 2 is 1.92 bits per heavy atom. The summed E-state index contributed by atoms with van der Waals surface area (Å²) in [6.07, 6.45) is 0. The quantitative estimate of drug-likeness (QED) is 0.811. The number of rotatable bonds is 1. The Morgan fingerprint density at radius 3 is 2.42 bits per heavy atom. The number of aromatic nitrogens is 2. The second-order valence-electron chi connectivity index (χ2n) is 1.96. The number of furan rings is 1. The minimum Gasteiger partial charge on any atom is -0.444 e. The maximum Gasteiger partial charge on any atom is 0.285 e. The highest BCUT2D eigenvalue weighted by atomic mass is 79.9. The third kappa shape index (κ3) is 1.44. The van der Waals surface area contributed by atoms with Crippen LogP contribution in [0.25, 0.3) is 11.7 Å². The molecule has 0 aromatic carbocycles. The molecule has 0 saturated heterocycles. The third-order valence-corrected chi connectivity index (χ3v) is 1.93. The molecule has 0 amide bonds. The summed E-state index contributed by atoms with van der Waals surface area (Å²) in [6.45, 7) is 0. The van der Waals surface area contributed by atoms with Crippen molar-refractivity contribution in [2.24, 2.45) is 0 Å². The van der Waals surface area contributed by atoms with E-state index in [9.17, 15) is 0 Å². The van der Waals surface area contributed by atoms with Crippen LogP contribution >= 0.6 is 31.9 Å². The maximum absolute atomic E-state index is 5.18. The summed E-state index contributed by atoms with van der Waals surface area (Å²) in [7, 11) is 0. The van der Waals surface area contributed by atoms with Gasteiger partial charge in [0, 0.05) is 15.9 Å². The molecular formula is C6H2Br2N2O2. The Labute approximate surface area is 84.2 Å². The molecule has 0 saturated carbocycles. The number of halogens is 2. The molecule has 2 rings (SSSR count). The molecule has 0 aliphatic rings. The van der Waals surface area contributed by atoms with Crippen LogP contribution in [0.4, 0.5) is 0 Å².